The highest BCUT2D eigenvalue weighted by Crippen LogP contribution is 2.37. The van der Waals surface area contributed by atoms with E-state index in [4.69, 9.17) is 42.1 Å². The molecule has 0 spiro atoms. The third kappa shape index (κ3) is 8.19. The molecule has 264 valence electrons. The number of aromatic nitrogens is 1. The monoisotopic (exact) mass is 739 g/mol. The Morgan fingerprint density at radius 3 is 2.30 bits per heavy atom. The standard InChI is InChI=1S/C37H39Cl2N3O7S/c1-41-24-10-11-25(41)17-26(16-24)48-37(44)35(22-7-5-4-6-8-22)40-19-27-12-14-34(50-27)36(43)49-32(18-28-29(38)20-42(45)21-30(28)39)23-9-13-31(46-2)33(15-23)47-3/h4-9,12-15,20-21,24-26,32,35,40H,10-11,16-19H2,1-3H3/t24?,25?,26?,32-,35?/m0/s1. The van der Waals surface area contributed by atoms with E-state index >= 15 is 0 Å². The maximum atomic E-state index is 13.6. The van der Waals surface area contributed by atoms with Gasteiger partial charge in [-0.3, -0.25) is 5.32 Å². The first kappa shape index (κ1) is 35.9. The lowest BCUT2D eigenvalue weighted by Crippen LogP contribution is -2.44. The zero-order valence-electron chi connectivity index (χ0n) is 28.0. The Kier molecular flexibility index (Phi) is 11.5. The average Bonchev–Trinajstić information content (AvgIpc) is 3.65. The van der Waals surface area contributed by atoms with E-state index in [0.29, 0.717) is 50.9 Å². The Bertz CT molecular complexity index is 1790. The van der Waals surface area contributed by atoms with Crippen molar-refractivity contribution in [2.24, 2.45) is 0 Å². The van der Waals surface area contributed by atoms with Gasteiger partial charge >= 0.3 is 11.9 Å². The molecule has 1 N–H and O–H groups in total. The smallest absolute Gasteiger partial charge is 0.348 e. The number of fused-ring (bicyclic) bond motifs is 2. The summed E-state index contributed by atoms with van der Waals surface area (Å²) < 4.78 is 23.6. The minimum absolute atomic E-state index is 0.0964. The molecule has 2 fully saturated rings. The van der Waals surface area contributed by atoms with E-state index in [1.165, 1.54) is 38.0 Å². The van der Waals surface area contributed by atoms with Gasteiger partial charge in [0.1, 0.15) is 33.2 Å². The summed E-state index contributed by atoms with van der Waals surface area (Å²) in [5.74, 6) is 0.0998. The van der Waals surface area contributed by atoms with Crippen LogP contribution >= 0.6 is 34.5 Å². The van der Waals surface area contributed by atoms with Gasteiger partial charge in [-0.1, -0.05) is 59.6 Å². The number of ether oxygens (including phenoxy) is 4. The van der Waals surface area contributed by atoms with Crippen molar-refractivity contribution >= 4 is 46.5 Å². The van der Waals surface area contributed by atoms with Crippen molar-refractivity contribution in [1.29, 1.82) is 0 Å². The number of esters is 2. The van der Waals surface area contributed by atoms with Crippen molar-refractivity contribution in [2.75, 3.05) is 21.3 Å². The molecular weight excluding hydrogens is 701 g/mol. The minimum atomic E-state index is -0.837. The maximum absolute atomic E-state index is 13.6. The molecule has 2 aromatic heterocycles. The first-order chi connectivity index (χ1) is 24.1. The third-order valence-electron chi connectivity index (χ3n) is 9.53. The number of hydrogen-bond donors (Lipinski definition) is 1. The highest BCUT2D eigenvalue weighted by Gasteiger charge is 2.40. The molecule has 0 amide bonds. The molecule has 4 aromatic rings. The van der Waals surface area contributed by atoms with Gasteiger partial charge in [-0.15, -0.1) is 11.3 Å². The van der Waals surface area contributed by atoms with E-state index in [1.807, 2.05) is 36.4 Å². The van der Waals surface area contributed by atoms with Crippen molar-refractivity contribution in [3.63, 3.8) is 0 Å². The van der Waals surface area contributed by atoms with Gasteiger partial charge in [0.2, 0.25) is 0 Å². The molecule has 2 saturated heterocycles. The summed E-state index contributed by atoms with van der Waals surface area (Å²) in [6, 6.07) is 18.5. The van der Waals surface area contributed by atoms with Crippen LogP contribution in [0.5, 0.6) is 11.5 Å². The SMILES string of the molecule is COc1ccc([C@H](Cc2c(Cl)c[n+]([O-])cc2Cl)OC(=O)c2ccc(CNC(C(=O)OC3CC4CCC(C3)N4C)c3ccccc3)s2)cc1OC. The summed E-state index contributed by atoms with van der Waals surface area (Å²) in [5, 5.41) is 15.5. The lowest BCUT2D eigenvalue weighted by atomic mass is 10.00. The number of piperidine rings is 1. The van der Waals surface area contributed by atoms with Crippen LogP contribution < -0.4 is 19.5 Å². The number of carbonyl (C=O) groups is 2. The topological polar surface area (TPSA) is 113 Å². The highest BCUT2D eigenvalue weighted by molar-refractivity contribution is 7.13. The minimum Gasteiger partial charge on any atom is -0.619 e. The van der Waals surface area contributed by atoms with Crippen molar-refractivity contribution in [3.05, 3.63) is 115 Å². The largest absolute Gasteiger partial charge is 0.619 e. The van der Waals surface area contributed by atoms with Crippen LogP contribution in [0.15, 0.2) is 73.1 Å². The summed E-state index contributed by atoms with van der Waals surface area (Å²) in [5.41, 5.74) is 1.88. The Morgan fingerprint density at radius 1 is 0.960 bits per heavy atom. The molecule has 4 atom stereocenters. The molecule has 0 saturated carbocycles. The van der Waals surface area contributed by atoms with Gasteiger partial charge in [0.05, 0.1) is 14.2 Å². The molecule has 0 radical (unpaired) electrons. The molecule has 6 rings (SSSR count). The number of nitrogens with zero attached hydrogens (tertiary/aromatic N) is 2. The van der Waals surface area contributed by atoms with Crippen molar-refractivity contribution < 1.29 is 33.3 Å². The van der Waals surface area contributed by atoms with E-state index in [-0.39, 0.29) is 28.5 Å². The highest BCUT2D eigenvalue weighted by atomic mass is 35.5. The molecular formula is C37H39Cl2N3O7S. The molecule has 50 heavy (non-hydrogen) atoms. The molecule has 0 aliphatic carbocycles. The molecule has 10 nitrogen and oxygen atoms in total. The molecule has 13 heteroatoms. The molecule has 4 heterocycles. The van der Waals surface area contributed by atoms with E-state index in [0.717, 1.165) is 36.1 Å². The summed E-state index contributed by atoms with van der Waals surface area (Å²) >= 11 is 14.1. The lowest BCUT2D eigenvalue weighted by Gasteiger charge is -2.36. The lowest BCUT2D eigenvalue weighted by molar-refractivity contribution is -0.605. The average molecular weight is 741 g/mol. The van der Waals surface area contributed by atoms with Crippen LogP contribution in [0.4, 0.5) is 0 Å². The Balaban J connectivity index is 1.17. The molecule has 2 aromatic carbocycles. The molecule has 3 unspecified atom stereocenters. The van der Waals surface area contributed by atoms with Crippen LogP contribution in [0.2, 0.25) is 10.0 Å². The number of thiophene rings is 1. The number of halogens is 2. The maximum Gasteiger partial charge on any atom is 0.348 e. The second-order valence-corrected chi connectivity index (χ2v) is 14.6. The number of hydrogen-bond acceptors (Lipinski definition) is 10. The Hall–Kier alpha value is -3.87. The zero-order valence-corrected chi connectivity index (χ0v) is 30.3. The van der Waals surface area contributed by atoms with Gasteiger partial charge in [-0.25, -0.2) is 9.59 Å². The Labute approximate surface area is 305 Å². The van der Waals surface area contributed by atoms with Crippen molar-refractivity contribution in [2.45, 2.75) is 69.0 Å². The normalized spacial score (nSPS) is 19.8. The van der Waals surface area contributed by atoms with Crippen molar-refractivity contribution in [1.82, 2.24) is 10.2 Å². The van der Waals surface area contributed by atoms with Crippen LogP contribution in [-0.4, -0.2) is 56.3 Å². The Morgan fingerprint density at radius 2 is 1.64 bits per heavy atom. The van der Waals surface area contributed by atoms with Gasteiger partial charge in [0.15, 0.2) is 23.9 Å². The number of pyridine rings is 1. The number of nitrogens with one attached hydrogen (secondary N) is 1. The second-order valence-electron chi connectivity index (χ2n) is 12.6. The number of rotatable bonds is 13. The summed E-state index contributed by atoms with van der Waals surface area (Å²) in [4.78, 5) is 30.8. The molecule has 2 aliphatic rings. The van der Waals surface area contributed by atoms with Gasteiger partial charge in [-0.2, -0.15) is 4.73 Å². The fourth-order valence-electron chi connectivity index (χ4n) is 6.84. The van der Waals surface area contributed by atoms with E-state index in [9.17, 15) is 14.8 Å². The molecule has 2 aliphatic heterocycles. The van der Waals surface area contributed by atoms with Crippen LogP contribution in [0.3, 0.4) is 0 Å². The fraction of sp³-hybridized carbons (Fsp3) is 0.378. The number of carbonyl (C=O) groups excluding carboxylic acids is 2. The van der Waals surface area contributed by atoms with Gasteiger partial charge in [-0.05, 0) is 68.1 Å². The van der Waals surface area contributed by atoms with Crippen molar-refractivity contribution in [3.8, 4) is 11.5 Å². The zero-order chi connectivity index (χ0) is 35.4. The summed E-state index contributed by atoms with van der Waals surface area (Å²) in [6.07, 6.45) is 5.54. The fourth-order valence-corrected chi connectivity index (χ4v) is 8.28. The third-order valence-corrected chi connectivity index (χ3v) is 11.2. The predicted octanol–water partition coefficient (Wildman–Crippen LogP) is 6.85. The summed E-state index contributed by atoms with van der Waals surface area (Å²) in [6.45, 7) is 0.328. The van der Waals surface area contributed by atoms with E-state index in [1.54, 1.807) is 24.3 Å². The number of benzene rings is 2. The second kappa shape index (κ2) is 16.0. The van der Waals surface area contributed by atoms with Gasteiger partial charge < -0.3 is 29.1 Å². The van der Waals surface area contributed by atoms with Crippen LogP contribution in [0, 0.1) is 5.21 Å². The summed E-state index contributed by atoms with van der Waals surface area (Å²) in [7, 11) is 5.21. The first-order valence-electron chi connectivity index (χ1n) is 16.4. The predicted molar refractivity (Wildman–Crippen MR) is 191 cm³/mol. The molecule has 2 bridgehead atoms. The van der Waals surface area contributed by atoms with Crippen LogP contribution in [-0.2, 0) is 27.2 Å². The quantitative estimate of drug-likeness (QED) is 0.0894. The first-order valence-corrected chi connectivity index (χ1v) is 18.0. The van der Waals surface area contributed by atoms with Crippen LogP contribution in [0.1, 0.15) is 69.1 Å². The van der Waals surface area contributed by atoms with Crippen LogP contribution in [0.25, 0.3) is 0 Å². The van der Waals surface area contributed by atoms with Gasteiger partial charge in [0.25, 0.3) is 0 Å². The van der Waals surface area contributed by atoms with E-state index < -0.39 is 18.1 Å². The van der Waals surface area contributed by atoms with E-state index in [2.05, 4.69) is 17.3 Å². The number of methoxy groups -OCH3 is 2. The van der Waals surface area contributed by atoms with Gasteiger partial charge in [0, 0.05) is 35.5 Å².